The van der Waals surface area contributed by atoms with Gasteiger partial charge in [0.15, 0.2) is 5.13 Å². The zero-order chi connectivity index (χ0) is 14.3. The van der Waals surface area contributed by atoms with Gasteiger partial charge in [-0.15, -0.1) is 11.3 Å². The number of likely N-dealkylation sites (tertiary alicyclic amines) is 1. The number of hydrogen-bond acceptors (Lipinski definition) is 4. The van der Waals surface area contributed by atoms with Gasteiger partial charge in [-0.2, -0.15) is 0 Å². The van der Waals surface area contributed by atoms with Gasteiger partial charge in [0.2, 0.25) is 11.8 Å². The fourth-order valence-electron chi connectivity index (χ4n) is 2.47. The van der Waals surface area contributed by atoms with Crippen LogP contribution < -0.4 is 5.32 Å². The van der Waals surface area contributed by atoms with E-state index in [-0.39, 0.29) is 17.7 Å². The van der Waals surface area contributed by atoms with E-state index in [4.69, 9.17) is 0 Å². The molecular formula is C14H19N3O2S. The minimum atomic E-state index is -0.231. The molecule has 2 aliphatic rings. The molecule has 3 rings (SSSR count). The lowest BCUT2D eigenvalue weighted by Crippen LogP contribution is -2.29. The van der Waals surface area contributed by atoms with Crippen molar-refractivity contribution in [2.75, 3.05) is 18.4 Å². The van der Waals surface area contributed by atoms with Crippen LogP contribution in [0.25, 0.3) is 0 Å². The lowest BCUT2D eigenvalue weighted by Gasteiger charge is -2.15. The molecule has 2 heterocycles. The fraction of sp³-hybridized carbons (Fsp3) is 0.643. The smallest absolute Gasteiger partial charge is 0.231 e. The molecule has 108 valence electrons. The van der Waals surface area contributed by atoms with Gasteiger partial charge in [-0.1, -0.05) is 0 Å². The minimum absolute atomic E-state index is 0.0783. The molecule has 0 aromatic carbocycles. The van der Waals surface area contributed by atoms with Crippen LogP contribution in [0.5, 0.6) is 0 Å². The van der Waals surface area contributed by atoms with Crippen molar-refractivity contribution in [1.82, 2.24) is 9.88 Å². The summed E-state index contributed by atoms with van der Waals surface area (Å²) >= 11 is 1.48. The summed E-state index contributed by atoms with van der Waals surface area (Å²) in [6.07, 6.45) is 2.78. The highest BCUT2D eigenvalue weighted by molar-refractivity contribution is 7.15. The Morgan fingerprint density at radius 2 is 2.20 bits per heavy atom. The first kappa shape index (κ1) is 13.5. The predicted octanol–water partition coefficient (Wildman–Crippen LogP) is 1.96. The predicted molar refractivity (Wildman–Crippen MR) is 77.6 cm³/mol. The number of carbonyl (C=O) groups is 2. The lowest BCUT2D eigenvalue weighted by atomic mass is 10.1. The number of amides is 2. The third-order valence-corrected chi connectivity index (χ3v) is 5.01. The summed E-state index contributed by atoms with van der Waals surface area (Å²) in [5, 5.41) is 3.48. The minimum Gasteiger partial charge on any atom is -0.342 e. The Morgan fingerprint density at radius 1 is 1.45 bits per heavy atom. The quantitative estimate of drug-likeness (QED) is 0.923. The maximum atomic E-state index is 12.2. The number of aryl methyl sites for hydroxylation is 2. The Balaban J connectivity index is 1.58. The second-order valence-electron chi connectivity index (χ2n) is 5.79. The molecule has 0 radical (unpaired) electrons. The summed E-state index contributed by atoms with van der Waals surface area (Å²) in [4.78, 5) is 31.4. The van der Waals surface area contributed by atoms with E-state index < -0.39 is 0 Å². The number of nitrogens with zero attached hydrogens (tertiary/aromatic N) is 2. The van der Waals surface area contributed by atoms with Gasteiger partial charge >= 0.3 is 0 Å². The Kier molecular flexibility index (Phi) is 3.50. The summed E-state index contributed by atoms with van der Waals surface area (Å²) in [5.74, 6) is 0.477. The summed E-state index contributed by atoms with van der Waals surface area (Å²) in [6, 6.07) is 0. The van der Waals surface area contributed by atoms with E-state index in [1.165, 1.54) is 24.2 Å². The van der Waals surface area contributed by atoms with E-state index >= 15 is 0 Å². The Bertz CT molecular complexity index is 531. The van der Waals surface area contributed by atoms with Gasteiger partial charge < -0.3 is 10.2 Å². The van der Waals surface area contributed by atoms with Gasteiger partial charge in [-0.3, -0.25) is 9.59 Å². The lowest BCUT2D eigenvalue weighted by molar-refractivity contribution is -0.128. The van der Waals surface area contributed by atoms with Crippen molar-refractivity contribution in [2.24, 2.45) is 11.8 Å². The topological polar surface area (TPSA) is 62.3 Å². The van der Waals surface area contributed by atoms with Crippen molar-refractivity contribution >= 4 is 28.3 Å². The zero-order valence-electron chi connectivity index (χ0n) is 11.8. The number of thiazole rings is 1. The Morgan fingerprint density at radius 3 is 2.80 bits per heavy atom. The van der Waals surface area contributed by atoms with Crippen LogP contribution in [0, 0.1) is 25.7 Å². The van der Waals surface area contributed by atoms with Crippen molar-refractivity contribution in [2.45, 2.75) is 33.1 Å². The molecule has 0 bridgehead atoms. The van der Waals surface area contributed by atoms with Crippen LogP contribution in [-0.4, -0.2) is 34.8 Å². The number of hydrogen-bond donors (Lipinski definition) is 1. The SMILES string of the molecule is Cc1nc(NC(=O)[C@H]2CC(=O)N(CC3CC3)C2)sc1C. The maximum Gasteiger partial charge on any atom is 0.231 e. The Labute approximate surface area is 122 Å². The van der Waals surface area contributed by atoms with Gasteiger partial charge in [-0.05, 0) is 32.6 Å². The molecule has 1 saturated carbocycles. The molecule has 1 saturated heterocycles. The van der Waals surface area contributed by atoms with E-state index in [1.54, 1.807) is 0 Å². The fourth-order valence-corrected chi connectivity index (χ4v) is 3.29. The van der Waals surface area contributed by atoms with E-state index in [0.29, 0.717) is 24.0 Å². The van der Waals surface area contributed by atoms with Crippen molar-refractivity contribution in [3.05, 3.63) is 10.6 Å². The molecule has 2 amide bonds. The van der Waals surface area contributed by atoms with Gasteiger partial charge in [0.05, 0.1) is 11.6 Å². The van der Waals surface area contributed by atoms with Gasteiger partial charge in [0, 0.05) is 24.4 Å². The van der Waals surface area contributed by atoms with E-state index in [9.17, 15) is 9.59 Å². The van der Waals surface area contributed by atoms with Crippen LogP contribution in [0.15, 0.2) is 0 Å². The molecule has 1 aliphatic carbocycles. The average Bonchev–Trinajstić information content (AvgIpc) is 3.04. The molecule has 0 spiro atoms. The van der Waals surface area contributed by atoms with Crippen molar-refractivity contribution in [3.8, 4) is 0 Å². The molecule has 5 nitrogen and oxygen atoms in total. The molecule has 1 N–H and O–H groups in total. The second kappa shape index (κ2) is 5.16. The molecule has 1 aromatic heterocycles. The average molecular weight is 293 g/mol. The first-order valence-corrected chi connectivity index (χ1v) is 7.87. The van der Waals surface area contributed by atoms with Gasteiger partial charge in [0.25, 0.3) is 0 Å². The second-order valence-corrected chi connectivity index (χ2v) is 7.00. The van der Waals surface area contributed by atoms with Crippen LogP contribution >= 0.6 is 11.3 Å². The van der Waals surface area contributed by atoms with Crippen LogP contribution in [0.4, 0.5) is 5.13 Å². The number of anilines is 1. The molecular weight excluding hydrogens is 274 g/mol. The molecule has 6 heteroatoms. The van der Waals surface area contributed by atoms with E-state index in [2.05, 4.69) is 10.3 Å². The summed E-state index contributed by atoms with van der Waals surface area (Å²) in [7, 11) is 0. The summed E-state index contributed by atoms with van der Waals surface area (Å²) < 4.78 is 0. The first-order valence-electron chi connectivity index (χ1n) is 7.05. The first-order chi connectivity index (χ1) is 9.52. The standard InChI is InChI=1S/C14H19N3O2S/c1-8-9(2)20-14(15-8)16-13(19)11-5-12(18)17(7-11)6-10-3-4-10/h10-11H,3-7H2,1-2H3,(H,15,16,19)/t11-/m0/s1. The van der Waals surface area contributed by atoms with Crippen LogP contribution in [0.1, 0.15) is 29.8 Å². The molecule has 1 atom stereocenters. The van der Waals surface area contributed by atoms with Crippen LogP contribution in [0.2, 0.25) is 0 Å². The highest BCUT2D eigenvalue weighted by atomic mass is 32.1. The third-order valence-electron chi connectivity index (χ3n) is 4.02. The van der Waals surface area contributed by atoms with Crippen molar-refractivity contribution in [1.29, 1.82) is 0 Å². The monoisotopic (exact) mass is 293 g/mol. The highest BCUT2D eigenvalue weighted by Gasteiger charge is 2.37. The van der Waals surface area contributed by atoms with E-state index in [0.717, 1.165) is 17.1 Å². The highest BCUT2D eigenvalue weighted by Crippen LogP contribution is 2.32. The molecule has 1 aromatic rings. The number of aromatic nitrogens is 1. The van der Waals surface area contributed by atoms with Crippen LogP contribution in [-0.2, 0) is 9.59 Å². The number of nitrogens with one attached hydrogen (secondary N) is 1. The number of carbonyl (C=O) groups excluding carboxylic acids is 2. The molecule has 0 unspecified atom stereocenters. The maximum absolute atomic E-state index is 12.2. The van der Waals surface area contributed by atoms with Gasteiger partial charge in [-0.25, -0.2) is 4.98 Å². The normalized spacial score (nSPS) is 22.4. The molecule has 1 aliphatic heterocycles. The largest absolute Gasteiger partial charge is 0.342 e. The number of rotatable bonds is 4. The van der Waals surface area contributed by atoms with Crippen molar-refractivity contribution in [3.63, 3.8) is 0 Å². The third kappa shape index (κ3) is 2.85. The van der Waals surface area contributed by atoms with Crippen molar-refractivity contribution < 1.29 is 9.59 Å². The summed E-state index contributed by atoms with van der Waals surface area (Å²) in [5.41, 5.74) is 0.947. The van der Waals surface area contributed by atoms with E-state index in [1.807, 2.05) is 18.7 Å². The molecule has 2 fully saturated rings. The molecule has 20 heavy (non-hydrogen) atoms. The van der Waals surface area contributed by atoms with Gasteiger partial charge in [0.1, 0.15) is 0 Å². The summed E-state index contributed by atoms with van der Waals surface area (Å²) in [6.45, 7) is 5.31. The Hall–Kier alpha value is -1.43. The van der Waals surface area contributed by atoms with Crippen LogP contribution in [0.3, 0.4) is 0 Å². The zero-order valence-corrected chi connectivity index (χ0v) is 12.6.